The molecule has 12 heteroatoms. The Balaban J connectivity index is 1.23. The fourth-order valence-electron chi connectivity index (χ4n) is 5.85. The van der Waals surface area contributed by atoms with Crippen LogP contribution in [0.4, 0.5) is 0 Å². The summed E-state index contributed by atoms with van der Waals surface area (Å²) in [5.41, 5.74) is 3.62. The Morgan fingerprint density at radius 3 is 2.38 bits per heavy atom. The Labute approximate surface area is 310 Å². The summed E-state index contributed by atoms with van der Waals surface area (Å²) in [5, 5.41) is 17.3. The fourth-order valence-corrected chi connectivity index (χ4v) is 6.82. The predicted molar refractivity (Wildman–Crippen MR) is 208 cm³/mol. The van der Waals surface area contributed by atoms with Crippen LogP contribution in [0.1, 0.15) is 110 Å². The molecule has 1 aliphatic heterocycles. The maximum atomic E-state index is 13.8. The molecule has 1 fully saturated rings. The number of unbranched alkanes of at least 4 members (excludes halogenated alkanes) is 4. The number of nitrogens with one attached hydrogen (secondary N) is 2. The van der Waals surface area contributed by atoms with Crippen LogP contribution in [0.3, 0.4) is 0 Å². The van der Waals surface area contributed by atoms with E-state index in [4.69, 9.17) is 4.74 Å². The second-order valence-corrected chi connectivity index (χ2v) is 15.3. The highest BCUT2D eigenvalue weighted by Gasteiger charge is 2.38. The molecule has 1 atom stereocenters. The van der Waals surface area contributed by atoms with E-state index >= 15 is 0 Å². The molecule has 2 amide bonds. The zero-order chi connectivity index (χ0) is 37.1. The van der Waals surface area contributed by atoms with Gasteiger partial charge in [-0.2, -0.15) is 5.21 Å². The maximum Gasteiger partial charge on any atom is 0.262 e. The van der Waals surface area contributed by atoms with Crippen molar-refractivity contribution < 1.29 is 14.3 Å². The highest BCUT2D eigenvalue weighted by molar-refractivity contribution is 7.14. The lowest BCUT2D eigenvalue weighted by molar-refractivity contribution is -0.137. The van der Waals surface area contributed by atoms with Crippen molar-refractivity contribution >= 4 is 41.3 Å². The van der Waals surface area contributed by atoms with Crippen molar-refractivity contribution in [1.29, 1.82) is 0 Å². The molecule has 0 spiro atoms. The number of hydrogen-bond acceptors (Lipinski definition) is 8. The number of rotatable bonds is 16. The van der Waals surface area contributed by atoms with E-state index in [1.54, 1.807) is 11.1 Å². The van der Waals surface area contributed by atoms with Gasteiger partial charge in [0.05, 0.1) is 17.4 Å². The number of thiophene rings is 1. The van der Waals surface area contributed by atoms with Gasteiger partial charge in [-0.1, -0.05) is 95.0 Å². The van der Waals surface area contributed by atoms with E-state index in [2.05, 4.69) is 70.3 Å². The molecule has 52 heavy (non-hydrogen) atoms. The van der Waals surface area contributed by atoms with Crippen LogP contribution in [0.2, 0.25) is 0 Å². The summed E-state index contributed by atoms with van der Waals surface area (Å²) in [6, 6.07) is 18.8. The van der Waals surface area contributed by atoms with Crippen molar-refractivity contribution in [2.45, 2.75) is 90.5 Å². The summed E-state index contributed by atoms with van der Waals surface area (Å²) in [6.45, 7) is 16.0. The first-order chi connectivity index (χ1) is 25.0. The highest BCUT2D eigenvalue weighted by atomic mass is 32.1. The van der Waals surface area contributed by atoms with Gasteiger partial charge in [0.15, 0.2) is 11.7 Å². The lowest BCUT2D eigenvalue weighted by Crippen LogP contribution is -2.56. The number of amides is 2. The standard InChI is InChI=1S/C40H50N8O3S/c1-7-8-9-10-11-22-51-32-18-16-29(17-19-32)27(2)24-42-36(41-6)30-14-12-28(13-15-30)23-33(39(50)48-25-31(26-48)37-44-46-47-45-37)43-38(49)34-20-21-35(52-34)40(3,4)5/h12-21,24,31,33H,6-11,22-23,25-26H2,1-5H3,(H,43,49)(H,44,45,46,47)/b27-24+,42-36-/t33-/m0/s1. The van der Waals surface area contributed by atoms with Crippen molar-refractivity contribution in [2.75, 3.05) is 19.7 Å². The molecule has 0 radical (unpaired) electrons. The molecule has 0 unspecified atom stereocenters. The number of aromatic nitrogens is 4. The topological polar surface area (TPSA) is 138 Å². The fraction of sp³-hybridized carbons (Fsp3) is 0.425. The van der Waals surface area contributed by atoms with Gasteiger partial charge in [0.25, 0.3) is 5.91 Å². The number of aromatic amines is 1. The Morgan fingerprint density at radius 1 is 1.04 bits per heavy atom. The van der Waals surface area contributed by atoms with Crippen molar-refractivity contribution in [3.63, 3.8) is 0 Å². The number of H-pyrrole nitrogens is 1. The van der Waals surface area contributed by atoms with Crippen LogP contribution < -0.4 is 10.1 Å². The predicted octanol–water partition coefficient (Wildman–Crippen LogP) is 7.38. The van der Waals surface area contributed by atoms with Gasteiger partial charge < -0.3 is 15.0 Å². The lowest BCUT2D eigenvalue weighted by atomic mass is 9.95. The van der Waals surface area contributed by atoms with Crippen molar-refractivity contribution in [1.82, 2.24) is 30.8 Å². The molecule has 5 rings (SSSR count). The molecule has 1 aliphatic rings. The van der Waals surface area contributed by atoms with Gasteiger partial charge in [-0.15, -0.1) is 21.5 Å². The van der Waals surface area contributed by atoms with E-state index in [0.717, 1.165) is 45.9 Å². The van der Waals surface area contributed by atoms with Crippen LogP contribution in [-0.2, 0) is 16.6 Å². The van der Waals surface area contributed by atoms with E-state index in [1.165, 1.54) is 37.0 Å². The van der Waals surface area contributed by atoms with E-state index in [0.29, 0.717) is 36.0 Å². The minimum absolute atomic E-state index is 0.00931. The molecular weight excluding hydrogens is 673 g/mol. The van der Waals surface area contributed by atoms with Crippen LogP contribution in [0.15, 0.2) is 76.8 Å². The number of likely N-dealkylation sites (tertiary alicyclic amines) is 1. The molecule has 1 saturated heterocycles. The number of aliphatic imine (C=N–C) groups is 2. The lowest BCUT2D eigenvalue weighted by Gasteiger charge is -2.39. The number of allylic oxidation sites excluding steroid dienone is 1. The third-order valence-corrected chi connectivity index (χ3v) is 10.6. The monoisotopic (exact) mass is 722 g/mol. The number of ether oxygens (including phenoxy) is 1. The van der Waals surface area contributed by atoms with Gasteiger partial charge in [-0.05, 0) is 66.4 Å². The average Bonchev–Trinajstić information content (AvgIpc) is 3.84. The number of amidine groups is 1. The van der Waals surface area contributed by atoms with Gasteiger partial charge in [0.2, 0.25) is 5.91 Å². The number of carbonyl (C=O) groups excluding carboxylic acids is 2. The van der Waals surface area contributed by atoms with E-state index < -0.39 is 6.04 Å². The second-order valence-electron chi connectivity index (χ2n) is 14.3. The number of hydrogen-bond donors (Lipinski definition) is 2. The minimum atomic E-state index is -0.761. The first kappa shape index (κ1) is 38.3. The molecular formula is C40H50N8O3S. The Kier molecular flexibility index (Phi) is 13.2. The van der Waals surface area contributed by atoms with Gasteiger partial charge >= 0.3 is 0 Å². The third-order valence-electron chi connectivity index (χ3n) is 9.10. The Hall–Kier alpha value is -4.97. The molecule has 2 aromatic carbocycles. The summed E-state index contributed by atoms with van der Waals surface area (Å²) >= 11 is 1.45. The van der Waals surface area contributed by atoms with Crippen LogP contribution >= 0.6 is 11.3 Å². The molecule has 0 aliphatic carbocycles. The van der Waals surface area contributed by atoms with Crippen LogP contribution in [0.5, 0.6) is 5.75 Å². The molecule has 2 aromatic heterocycles. The summed E-state index contributed by atoms with van der Waals surface area (Å²) in [6.07, 6.45) is 8.15. The van der Waals surface area contributed by atoms with Gasteiger partial charge in [-0.3, -0.25) is 9.59 Å². The Bertz CT molecular complexity index is 1830. The van der Waals surface area contributed by atoms with Crippen molar-refractivity contribution in [3.8, 4) is 5.75 Å². The van der Waals surface area contributed by atoms with E-state index in [1.807, 2.05) is 67.6 Å². The first-order valence-electron chi connectivity index (χ1n) is 18.0. The molecule has 0 saturated carbocycles. The van der Waals surface area contributed by atoms with E-state index in [-0.39, 0.29) is 23.1 Å². The van der Waals surface area contributed by atoms with Crippen LogP contribution in [-0.4, -0.2) is 75.6 Å². The maximum absolute atomic E-state index is 13.8. The molecule has 3 heterocycles. The smallest absolute Gasteiger partial charge is 0.262 e. The first-order valence-corrected chi connectivity index (χ1v) is 18.8. The number of tetrazole rings is 1. The van der Waals surface area contributed by atoms with Crippen LogP contribution in [0.25, 0.3) is 5.57 Å². The number of carbonyl (C=O) groups is 2. The SMILES string of the molecule is C=N/C(=N\C=C(/C)c1ccc(OCCCCCCC)cc1)c1ccc(C[C@H](NC(=O)c2ccc(C(C)(C)C)s2)C(=O)N2CC(c3nn[nH]n3)C2)cc1. The van der Waals surface area contributed by atoms with Crippen LogP contribution in [0, 0.1) is 0 Å². The van der Waals surface area contributed by atoms with Gasteiger partial charge in [0, 0.05) is 36.2 Å². The molecule has 0 bridgehead atoms. The minimum Gasteiger partial charge on any atom is -0.494 e. The number of benzene rings is 2. The third kappa shape index (κ3) is 10.3. The molecule has 11 nitrogen and oxygen atoms in total. The average molecular weight is 723 g/mol. The highest BCUT2D eigenvalue weighted by Crippen LogP contribution is 2.30. The van der Waals surface area contributed by atoms with Crippen molar-refractivity contribution in [3.05, 3.63) is 99.1 Å². The summed E-state index contributed by atoms with van der Waals surface area (Å²) in [4.78, 5) is 39.4. The van der Waals surface area contributed by atoms with Crippen molar-refractivity contribution in [2.24, 2.45) is 9.98 Å². The summed E-state index contributed by atoms with van der Waals surface area (Å²) in [7, 11) is 0. The summed E-state index contributed by atoms with van der Waals surface area (Å²) < 4.78 is 5.91. The summed E-state index contributed by atoms with van der Waals surface area (Å²) in [5.74, 6) is 1.52. The molecule has 274 valence electrons. The zero-order valence-electron chi connectivity index (χ0n) is 30.9. The molecule has 2 N–H and O–H groups in total. The molecule has 4 aromatic rings. The van der Waals surface area contributed by atoms with Gasteiger partial charge in [-0.25, -0.2) is 9.98 Å². The zero-order valence-corrected chi connectivity index (χ0v) is 31.7. The van der Waals surface area contributed by atoms with E-state index in [9.17, 15) is 9.59 Å². The largest absolute Gasteiger partial charge is 0.494 e. The Morgan fingerprint density at radius 2 is 1.75 bits per heavy atom. The van der Waals surface area contributed by atoms with Gasteiger partial charge in [0.1, 0.15) is 11.8 Å². The normalized spacial score (nSPS) is 14.5. The number of nitrogens with zero attached hydrogens (tertiary/aromatic N) is 6. The second kappa shape index (κ2) is 18.0. The quantitative estimate of drug-likeness (QED) is 0.0703.